The molecule has 2 aromatic rings. The van der Waals surface area contributed by atoms with E-state index in [1.807, 2.05) is 0 Å². The summed E-state index contributed by atoms with van der Waals surface area (Å²) in [5, 5.41) is 12.1. The quantitative estimate of drug-likeness (QED) is 0.375. The van der Waals surface area contributed by atoms with Crippen molar-refractivity contribution in [3.05, 3.63) is 47.3 Å². The molecule has 9 heteroatoms. The molecule has 2 aliphatic heterocycles. The third-order valence-corrected chi connectivity index (χ3v) is 5.44. The highest BCUT2D eigenvalue weighted by Crippen LogP contribution is 2.25. The SMILES string of the molecule is CCNC(=NCc1nnc2n1CCCC2)N1CC(C)OC(c2ccc(F)cc2)C1.I. The van der Waals surface area contributed by atoms with Gasteiger partial charge in [0.05, 0.1) is 12.6 Å². The van der Waals surface area contributed by atoms with E-state index in [1.165, 1.54) is 25.0 Å². The molecule has 1 N–H and O–H groups in total. The van der Waals surface area contributed by atoms with E-state index in [1.54, 1.807) is 12.1 Å². The maximum absolute atomic E-state index is 13.3. The molecule has 0 radical (unpaired) electrons. The Morgan fingerprint density at radius 2 is 2.03 bits per heavy atom. The molecule has 3 heterocycles. The summed E-state index contributed by atoms with van der Waals surface area (Å²) >= 11 is 0. The second kappa shape index (κ2) is 10.5. The van der Waals surface area contributed by atoms with Crippen molar-refractivity contribution in [3.63, 3.8) is 0 Å². The second-order valence-electron chi connectivity index (χ2n) is 7.70. The Labute approximate surface area is 194 Å². The first-order valence-electron chi connectivity index (χ1n) is 10.5. The summed E-state index contributed by atoms with van der Waals surface area (Å²) < 4.78 is 21.6. The van der Waals surface area contributed by atoms with Crippen LogP contribution in [-0.2, 0) is 24.2 Å². The zero-order valence-corrected chi connectivity index (χ0v) is 19.9. The minimum Gasteiger partial charge on any atom is -0.367 e. The topological polar surface area (TPSA) is 67.6 Å². The van der Waals surface area contributed by atoms with Gasteiger partial charge in [-0.3, -0.25) is 0 Å². The number of rotatable bonds is 4. The van der Waals surface area contributed by atoms with E-state index in [2.05, 4.69) is 38.8 Å². The Bertz CT molecular complexity index is 856. The van der Waals surface area contributed by atoms with E-state index in [0.29, 0.717) is 13.1 Å². The smallest absolute Gasteiger partial charge is 0.194 e. The summed E-state index contributed by atoms with van der Waals surface area (Å²) in [5.41, 5.74) is 0.977. The summed E-state index contributed by atoms with van der Waals surface area (Å²) in [6.07, 6.45) is 3.27. The molecular formula is C21H30FIN6O. The van der Waals surface area contributed by atoms with E-state index in [4.69, 9.17) is 9.73 Å². The van der Waals surface area contributed by atoms with Gasteiger partial charge in [0.2, 0.25) is 0 Å². The first kappa shape index (κ1) is 22.9. The summed E-state index contributed by atoms with van der Waals surface area (Å²) in [6.45, 7) is 7.80. The van der Waals surface area contributed by atoms with Gasteiger partial charge in [-0.1, -0.05) is 12.1 Å². The molecule has 0 bridgehead atoms. The van der Waals surface area contributed by atoms with Crippen molar-refractivity contribution in [2.45, 2.75) is 58.4 Å². The van der Waals surface area contributed by atoms with Crippen LogP contribution in [0.15, 0.2) is 29.3 Å². The lowest BCUT2D eigenvalue weighted by Crippen LogP contribution is -2.50. The van der Waals surface area contributed by atoms with E-state index in [9.17, 15) is 4.39 Å². The lowest BCUT2D eigenvalue weighted by Gasteiger charge is -2.38. The van der Waals surface area contributed by atoms with Crippen molar-refractivity contribution < 1.29 is 9.13 Å². The molecule has 0 saturated carbocycles. The Morgan fingerprint density at radius 3 is 2.80 bits per heavy atom. The molecule has 1 aromatic carbocycles. The summed E-state index contributed by atoms with van der Waals surface area (Å²) in [4.78, 5) is 7.08. The van der Waals surface area contributed by atoms with Crippen molar-refractivity contribution in [1.29, 1.82) is 0 Å². The number of fused-ring (bicyclic) bond motifs is 1. The maximum Gasteiger partial charge on any atom is 0.194 e. The molecule has 7 nitrogen and oxygen atoms in total. The van der Waals surface area contributed by atoms with Crippen LogP contribution in [0.25, 0.3) is 0 Å². The van der Waals surface area contributed by atoms with E-state index < -0.39 is 0 Å². The van der Waals surface area contributed by atoms with Crippen LogP contribution in [-0.4, -0.2) is 51.4 Å². The largest absolute Gasteiger partial charge is 0.367 e. The van der Waals surface area contributed by atoms with Crippen LogP contribution in [0.2, 0.25) is 0 Å². The predicted molar refractivity (Wildman–Crippen MR) is 124 cm³/mol. The van der Waals surface area contributed by atoms with Crippen LogP contribution in [0, 0.1) is 5.82 Å². The third kappa shape index (κ3) is 5.29. The number of morpholine rings is 1. The summed E-state index contributed by atoms with van der Waals surface area (Å²) in [7, 11) is 0. The number of hydrogen-bond acceptors (Lipinski definition) is 4. The third-order valence-electron chi connectivity index (χ3n) is 5.44. The van der Waals surface area contributed by atoms with E-state index in [0.717, 1.165) is 49.2 Å². The molecular weight excluding hydrogens is 498 g/mol. The highest BCUT2D eigenvalue weighted by Gasteiger charge is 2.28. The molecule has 2 aliphatic rings. The molecule has 2 atom stereocenters. The second-order valence-corrected chi connectivity index (χ2v) is 7.70. The Morgan fingerprint density at radius 1 is 1.23 bits per heavy atom. The molecule has 0 spiro atoms. The zero-order valence-electron chi connectivity index (χ0n) is 17.6. The molecule has 1 aromatic heterocycles. The maximum atomic E-state index is 13.3. The van der Waals surface area contributed by atoms with Gasteiger partial charge >= 0.3 is 0 Å². The number of aryl methyl sites for hydroxylation is 1. The van der Waals surface area contributed by atoms with Crippen LogP contribution in [0.1, 0.15) is 50.0 Å². The summed E-state index contributed by atoms with van der Waals surface area (Å²) in [5.74, 6) is 2.61. The van der Waals surface area contributed by atoms with E-state index >= 15 is 0 Å². The molecule has 4 rings (SSSR count). The number of aromatic nitrogens is 3. The molecule has 164 valence electrons. The van der Waals surface area contributed by atoms with Gasteiger partial charge in [0, 0.05) is 26.1 Å². The number of guanidine groups is 1. The molecule has 0 aliphatic carbocycles. The van der Waals surface area contributed by atoms with Gasteiger partial charge in [0.15, 0.2) is 11.8 Å². The number of halogens is 2. The first-order valence-corrected chi connectivity index (χ1v) is 10.5. The average molecular weight is 528 g/mol. The normalized spacial score (nSPS) is 21.7. The van der Waals surface area contributed by atoms with Crippen molar-refractivity contribution >= 4 is 29.9 Å². The van der Waals surface area contributed by atoms with Crippen LogP contribution in [0.5, 0.6) is 0 Å². The van der Waals surface area contributed by atoms with Gasteiger partial charge in [0.25, 0.3) is 0 Å². The van der Waals surface area contributed by atoms with Crippen molar-refractivity contribution in [2.24, 2.45) is 4.99 Å². The Hall–Kier alpha value is -1.75. The van der Waals surface area contributed by atoms with Crippen molar-refractivity contribution in [2.75, 3.05) is 19.6 Å². The molecule has 2 unspecified atom stereocenters. The van der Waals surface area contributed by atoms with Crippen molar-refractivity contribution in [3.8, 4) is 0 Å². The van der Waals surface area contributed by atoms with Gasteiger partial charge in [-0.15, -0.1) is 34.2 Å². The Kier molecular flexibility index (Phi) is 8.04. The molecule has 1 fully saturated rings. The zero-order chi connectivity index (χ0) is 20.2. The first-order chi connectivity index (χ1) is 14.1. The van der Waals surface area contributed by atoms with Crippen LogP contribution in [0.4, 0.5) is 4.39 Å². The fourth-order valence-corrected chi connectivity index (χ4v) is 4.04. The highest BCUT2D eigenvalue weighted by atomic mass is 127. The number of ether oxygens (including phenoxy) is 1. The Balaban J connectivity index is 0.00000256. The number of nitrogens with one attached hydrogen (secondary N) is 1. The van der Waals surface area contributed by atoms with Crippen LogP contribution >= 0.6 is 24.0 Å². The number of nitrogens with zero attached hydrogens (tertiary/aromatic N) is 5. The minimum atomic E-state index is -0.235. The van der Waals surface area contributed by atoms with Gasteiger partial charge in [-0.2, -0.15) is 0 Å². The van der Waals surface area contributed by atoms with Gasteiger partial charge < -0.3 is 19.5 Å². The van der Waals surface area contributed by atoms with Crippen molar-refractivity contribution in [1.82, 2.24) is 25.0 Å². The fourth-order valence-electron chi connectivity index (χ4n) is 4.04. The average Bonchev–Trinajstić information content (AvgIpc) is 3.14. The fraction of sp³-hybridized carbons (Fsp3) is 0.571. The van der Waals surface area contributed by atoms with Gasteiger partial charge in [-0.25, -0.2) is 9.38 Å². The lowest BCUT2D eigenvalue weighted by atomic mass is 10.1. The lowest BCUT2D eigenvalue weighted by molar-refractivity contribution is -0.0605. The van der Waals surface area contributed by atoms with Crippen LogP contribution < -0.4 is 5.32 Å². The van der Waals surface area contributed by atoms with Gasteiger partial charge in [-0.05, 0) is 44.4 Å². The standard InChI is InChI=1S/C21H29FN6O.HI/c1-3-23-21(24-12-20-26-25-19-6-4-5-11-28(19)20)27-13-15(2)29-18(14-27)16-7-9-17(22)10-8-16;/h7-10,15,18H,3-6,11-14H2,1-2H3,(H,23,24);1H. The number of benzene rings is 1. The predicted octanol–water partition coefficient (Wildman–Crippen LogP) is 3.30. The highest BCUT2D eigenvalue weighted by molar-refractivity contribution is 14.0. The number of hydrogen-bond donors (Lipinski definition) is 1. The van der Waals surface area contributed by atoms with Crippen LogP contribution in [0.3, 0.4) is 0 Å². The van der Waals surface area contributed by atoms with Gasteiger partial charge in [0.1, 0.15) is 24.3 Å². The monoisotopic (exact) mass is 528 g/mol. The molecule has 0 amide bonds. The molecule has 1 saturated heterocycles. The molecule has 30 heavy (non-hydrogen) atoms. The number of aliphatic imine (C=N–C) groups is 1. The van der Waals surface area contributed by atoms with E-state index in [-0.39, 0.29) is 42.0 Å². The summed E-state index contributed by atoms with van der Waals surface area (Å²) in [6, 6.07) is 6.55. The minimum absolute atomic E-state index is 0.